The summed E-state index contributed by atoms with van der Waals surface area (Å²) in [5, 5.41) is 6.25. The molecule has 0 saturated heterocycles. The SMILES string of the molecule is CN=C(NCc1ccc(C)cc1OCC(F)(F)F)NCc1ncc(C)c(OC)c1C.I. The van der Waals surface area contributed by atoms with E-state index in [2.05, 4.69) is 20.6 Å². The minimum Gasteiger partial charge on any atom is -0.496 e. The number of rotatable bonds is 7. The standard InChI is InChI=1S/C21H27F3N4O2.HI/c1-13-6-7-16(18(8-13)30-12-21(22,23)24)10-27-20(25-4)28-11-17-15(3)19(29-5)14(2)9-26-17;/h6-9H,10-12H2,1-5H3,(H2,25,27,28);1H. The van der Waals surface area contributed by atoms with E-state index in [0.29, 0.717) is 18.1 Å². The molecule has 0 saturated carbocycles. The number of hydrogen-bond donors (Lipinski definition) is 2. The number of aliphatic imine (C=N–C) groups is 1. The van der Waals surface area contributed by atoms with Crippen LogP contribution in [0.5, 0.6) is 11.5 Å². The Morgan fingerprint density at radius 2 is 1.81 bits per heavy atom. The van der Waals surface area contributed by atoms with Crippen molar-refractivity contribution in [1.29, 1.82) is 0 Å². The molecule has 1 aromatic carbocycles. The van der Waals surface area contributed by atoms with Crippen molar-refractivity contribution in [2.45, 2.75) is 40.0 Å². The molecule has 31 heavy (non-hydrogen) atoms. The molecule has 0 atom stereocenters. The third kappa shape index (κ3) is 8.08. The summed E-state index contributed by atoms with van der Waals surface area (Å²) in [5.74, 6) is 1.46. The highest BCUT2D eigenvalue weighted by molar-refractivity contribution is 14.0. The van der Waals surface area contributed by atoms with Crippen LogP contribution in [0.15, 0.2) is 29.4 Å². The summed E-state index contributed by atoms with van der Waals surface area (Å²) in [4.78, 5) is 8.59. The topological polar surface area (TPSA) is 67.8 Å². The number of pyridine rings is 1. The molecular formula is C21H28F3IN4O2. The number of alkyl halides is 3. The zero-order valence-corrected chi connectivity index (χ0v) is 20.5. The van der Waals surface area contributed by atoms with E-state index < -0.39 is 12.8 Å². The van der Waals surface area contributed by atoms with Crippen LogP contribution in [-0.4, -0.2) is 37.9 Å². The molecule has 0 fully saturated rings. The van der Waals surface area contributed by atoms with Crippen LogP contribution in [0, 0.1) is 20.8 Å². The fourth-order valence-electron chi connectivity index (χ4n) is 2.92. The molecule has 2 rings (SSSR count). The molecule has 0 spiro atoms. The van der Waals surface area contributed by atoms with Crippen molar-refractivity contribution in [2.24, 2.45) is 4.99 Å². The fourth-order valence-corrected chi connectivity index (χ4v) is 2.92. The van der Waals surface area contributed by atoms with Gasteiger partial charge in [-0.05, 0) is 32.4 Å². The van der Waals surface area contributed by atoms with Gasteiger partial charge in [0.25, 0.3) is 0 Å². The quantitative estimate of drug-likeness (QED) is 0.302. The average molecular weight is 552 g/mol. The second-order valence-corrected chi connectivity index (χ2v) is 6.84. The van der Waals surface area contributed by atoms with Crippen molar-refractivity contribution in [3.63, 3.8) is 0 Å². The zero-order chi connectivity index (χ0) is 22.3. The van der Waals surface area contributed by atoms with Gasteiger partial charge in [-0.1, -0.05) is 12.1 Å². The van der Waals surface area contributed by atoms with E-state index in [1.807, 2.05) is 19.9 Å². The Bertz CT molecular complexity index is 905. The Kier molecular flexibility index (Phi) is 10.3. The monoisotopic (exact) mass is 552 g/mol. The molecule has 0 aliphatic rings. The Morgan fingerprint density at radius 1 is 1.13 bits per heavy atom. The number of nitrogens with zero attached hydrogens (tertiary/aromatic N) is 2. The maximum atomic E-state index is 12.5. The molecule has 6 nitrogen and oxygen atoms in total. The first-order chi connectivity index (χ1) is 14.1. The number of ether oxygens (including phenoxy) is 2. The van der Waals surface area contributed by atoms with Crippen LogP contribution in [0.4, 0.5) is 13.2 Å². The van der Waals surface area contributed by atoms with Gasteiger partial charge in [-0.25, -0.2) is 0 Å². The molecule has 10 heteroatoms. The Hall–Kier alpha value is -2.24. The van der Waals surface area contributed by atoms with Crippen LogP contribution < -0.4 is 20.1 Å². The van der Waals surface area contributed by atoms with Crippen molar-refractivity contribution < 1.29 is 22.6 Å². The molecule has 0 aliphatic heterocycles. The van der Waals surface area contributed by atoms with Gasteiger partial charge in [-0.15, -0.1) is 24.0 Å². The normalized spacial score (nSPS) is 11.5. The first-order valence-electron chi connectivity index (χ1n) is 9.37. The number of aryl methyl sites for hydroxylation is 2. The third-order valence-electron chi connectivity index (χ3n) is 4.46. The predicted octanol–water partition coefficient (Wildman–Crippen LogP) is 4.44. The maximum absolute atomic E-state index is 12.5. The number of methoxy groups -OCH3 is 1. The molecular weight excluding hydrogens is 524 g/mol. The number of hydrogen-bond acceptors (Lipinski definition) is 4. The predicted molar refractivity (Wildman–Crippen MR) is 125 cm³/mol. The summed E-state index contributed by atoms with van der Waals surface area (Å²) in [7, 11) is 3.23. The van der Waals surface area contributed by atoms with Crippen molar-refractivity contribution in [3.8, 4) is 11.5 Å². The van der Waals surface area contributed by atoms with E-state index in [-0.39, 0.29) is 36.3 Å². The number of guanidine groups is 1. The van der Waals surface area contributed by atoms with Crippen molar-refractivity contribution >= 4 is 29.9 Å². The summed E-state index contributed by atoms with van der Waals surface area (Å²) in [6.07, 6.45) is -2.65. The molecule has 2 N–H and O–H groups in total. The van der Waals surface area contributed by atoms with Gasteiger partial charge in [0.2, 0.25) is 0 Å². The zero-order valence-electron chi connectivity index (χ0n) is 18.2. The molecule has 1 heterocycles. The van der Waals surface area contributed by atoms with Gasteiger partial charge in [0.1, 0.15) is 11.5 Å². The van der Waals surface area contributed by atoms with E-state index in [1.54, 1.807) is 39.4 Å². The van der Waals surface area contributed by atoms with E-state index in [0.717, 1.165) is 28.1 Å². The van der Waals surface area contributed by atoms with Crippen LogP contribution in [-0.2, 0) is 13.1 Å². The van der Waals surface area contributed by atoms with Crippen LogP contribution in [0.2, 0.25) is 0 Å². The summed E-state index contributed by atoms with van der Waals surface area (Å²) >= 11 is 0. The molecule has 0 bridgehead atoms. The van der Waals surface area contributed by atoms with Crippen molar-refractivity contribution in [3.05, 3.63) is 52.3 Å². The minimum absolute atomic E-state index is 0. The number of benzene rings is 1. The summed E-state index contributed by atoms with van der Waals surface area (Å²) < 4.78 is 48.0. The van der Waals surface area contributed by atoms with Crippen LogP contribution >= 0.6 is 24.0 Å². The van der Waals surface area contributed by atoms with Gasteiger partial charge < -0.3 is 20.1 Å². The lowest BCUT2D eigenvalue weighted by atomic mass is 10.1. The largest absolute Gasteiger partial charge is 0.496 e. The fraction of sp³-hybridized carbons (Fsp3) is 0.429. The highest BCUT2D eigenvalue weighted by Crippen LogP contribution is 2.25. The second kappa shape index (κ2) is 12.0. The highest BCUT2D eigenvalue weighted by atomic mass is 127. The summed E-state index contributed by atoms with van der Waals surface area (Å²) in [6, 6.07) is 5.14. The smallest absolute Gasteiger partial charge is 0.422 e. The molecule has 0 radical (unpaired) electrons. The van der Waals surface area contributed by atoms with Gasteiger partial charge in [-0.3, -0.25) is 9.98 Å². The first-order valence-corrected chi connectivity index (χ1v) is 9.37. The summed E-state index contributed by atoms with van der Waals surface area (Å²) in [6.45, 7) is 4.98. The third-order valence-corrected chi connectivity index (χ3v) is 4.46. The van der Waals surface area contributed by atoms with Gasteiger partial charge in [0.15, 0.2) is 12.6 Å². The molecule has 172 valence electrons. The van der Waals surface area contributed by atoms with Gasteiger partial charge in [0, 0.05) is 36.5 Å². The average Bonchev–Trinajstić information content (AvgIpc) is 2.68. The van der Waals surface area contributed by atoms with E-state index in [9.17, 15) is 13.2 Å². The van der Waals surface area contributed by atoms with E-state index >= 15 is 0 Å². The molecule has 1 aromatic heterocycles. The molecule has 2 aromatic rings. The lowest BCUT2D eigenvalue weighted by molar-refractivity contribution is -0.153. The summed E-state index contributed by atoms with van der Waals surface area (Å²) in [5.41, 5.74) is 4.10. The number of aromatic nitrogens is 1. The Morgan fingerprint density at radius 3 is 2.42 bits per heavy atom. The van der Waals surface area contributed by atoms with E-state index in [4.69, 9.17) is 9.47 Å². The molecule has 0 unspecified atom stereocenters. The van der Waals surface area contributed by atoms with Crippen LogP contribution in [0.3, 0.4) is 0 Å². The highest BCUT2D eigenvalue weighted by Gasteiger charge is 2.28. The van der Waals surface area contributed by atoms with E-state index in [1.165, 1.54) is 0 Å². The second-order valence-electron chi connectivity index (χ2n) is 6.84. The van der Waals surface area contributed by atoms with Crippen LogP contribution in [0.25, 0.3) is 0 Å². The van der Waals surface area contributed by atoms with Gasteiger partial charge >= 0.3 is 6.18 Å². The lowest BCUT2D eigenvalue weighted by Gasteiger charge is -2.17. The molecule has 0 amide bonds. The first kappa shape index (κ1) is 26.8. The van der Waals surface area contributed by atoms with Crippen LogP contribution in [0.1, 0.15) is 27.9 Å². The number of nitrogens with one attached hydrogen (secondary N) is 2. The Balaban J connectivity index is 0.00000480. The maximum Gasteiger partial charge on any atom is 0.422 e. The minimum atomic E-state index is -4.40. The van der Waals surface area contributed by atoms with Gasteiger partial charge in [0.05, 0.1) is 19.3 Å². The van der Waals surface area contributed by atoms with Gasteiger partial charge in [-0.2, -0.15) is 13.2 Å². The van der Waals surface area contributed by atoms with Crippen molar-refractivity contribution in [1.82, 2.24) is 15.6 Å². The Labute approximate surface area is 197 Å². The molecule has 0 aliphatic carbocycles. The van der Waals surface area contributed by atoms with Crippen molar-refractivity contribution in [2.75, 3.05) is 20.8 Å². The number of halogens is 4. The lowest BCUT2D eigenvalue weighted by Crippen LogP contribution is -2.36.